The Morgan fingerprint density at radius 1 is 1.21 bits per heavy atom. The summed E-state index contributed by atoms with van der Waals surface area (Å²) in [5.41, 5.74) is 1.99. The van der Waals surface area contributed by atoms with Crippen LogP contribution in [-0.2, 0) is 6.42 Å². The summed E-state index contributed by atoms with van der Waals surface area (Å²) in [5, 5.41) is 0.479. The van der Waals surface area contributed by atoms with Crippen molar-refractivity contribution in [3.8, 4) is 5.88 Å². The Kier molecular flexibility index (Phi) is 4.74. The zero-order chi connectivity index (χ0) is 13.7. The number of hydrogen-bond acceptors (Lipinski definition) is 3. The number of rotatable bonds is 5. The molecular weight excluding hydrogens is 260 g/mol. The molecule has 0 spiro atoms. The molecule has 0 aliphatic rings. The molecule has 100 valence electrons. The van der Waals surface area contributed by atoms with Crippen LogP contribution in [0.3, 0.4) is 0 Å². The van der Waals surface area contributed by atoms with Gasteiger partial charge in [0.25, 0.3) is 0 Å². The highest BCUT2D eigenvalue weighted by Crippen LogP contribution is 2.27. The third kappa shape index (κ3) is 3.44. The molecule has 0 radical (unpaired) electrons. The minimum Gasteiger partial charge on any atom is -0.469 e. The Labute approximate surface area is 118 Å². The summed E-state index contributed by atoms with van der Waals surface area (Å²) < 4.78 is 5.93. The molecule has 19 heavy (non-hydrogen) atoms. The van der Waals surface area contributed by atoms with E-state index < -0.39 is 0 Å². The molecule has 3 nitrogen and oxygen atoms in total. The van der Waals surface area contributed by atoms with Crippen LogP contribution in [0.1, 0.15) is 37.5 Å². The van der Waals surface area contributed by atoms with E-state index in [2.05, 4.69) is 16.9 Å². The first-order chi connectivity index (χ1) is 9.22. The Balaban J connectivity index is 2.21. The number of ether oxygens (including phenoxy) is 1. The average Bonchev–Trinajstić information content (AvgIpc) is 2.43. The molecule has 2 aromatic rings. The molecule has 0 bridgehead atoms. The third-order valence-electron chi connectivity index (χ3n) is 2.91. The lowest BCUT2D eigenvalue weighted by Gasteiger charge is -2.16. The van der Waals surface area contributed by atoms with Gasteiger partial charge in [0.2, 0.25) is 5.88 Å². The van der Waals surface area contributed by atoms with Crippen LogP contribution in [0, 0.1) is 0 Å². The van der Waals surface area contributed by atoms with E-state index in [-0.39, 0.29) is 6.10 Å². The van der Waals surface area contributed by atoms with Gasteiger partial charge in [-0.3, -0.25) is 0 Å². The van der Waals surface area contributed by atoms with Crippen LogP contribution < -0.4 is 4.74 Å². The summed E-state index contributed by atoms with van der Waals surface area (Å²) in [6.45, 7) is 4.09. The molecule has 0 saturated heterocycles. The van der Waals surface area contributed by atoms with Crippen LogP contribution in [0.15, 0.2) is 36.7 Å². The molecule has 1 aromatic heterocycles. The van der Waals surface area contributed by atoms with Gasteiger partial charge in [-0.15, -0.1) is 0 Å². The topological polar surface area (TPSA) is 35.0 Å². The van der Waals surface area contributed by atoms with E-state index in [0.717, 1.165) is 24.0 Å². The zero-order valence-electron chi connectivity index (χ0n) is 11.1. The zero-order valence-corrected chi connectivity index (χ0v) is 11.9. The van der Waals surface area contributed by atoms with Crippen molar-refractivity contribution in [1.29, 1.82) is 0 Å². The minimum atomic E-state index is -0.0669. The molecule has 1 heterocycles. The summed E-state index contributed by atoms with van der Waals surface area (Å²) >= 11 is 6.11. The Morgan fingerprint density at radius 3 is 2.63 bits per heavy atom. The number of nitrogens with zero attached hydrogens (tertiary/aromatic N) is 2. The van der Waals surface area contributed by atoms with Gasteiger partial charge in [0.05, 0.1) is 5.56 Å². The molecule has 1 atom stereocenters. The van der Waals surface area contributed by atoms with Gasteiger partial charge >= 0.3 is 0 Å². The van der Waals surface area contributed by atoms with Crippen molar-refractivity contribution in [1.82, 2.24) is 9.97 Å². The van der Waals surface area contributed by atoms with E-state index >= 15 is 0 Å². The summed E-state index contributed by atoms with van der Waals surface area (Å²) in [4.78, 5) is 8.22. The standard InChI is InChI=1S/C15H17ClN2O/c1-3-7-13-14(16)17-10-18-15(13)19-11(2)12-8-5-4-6-9-12/h4-6,8-11H,3,7H2,1-2H3. The van der Waals surface area contributed by atoms with Gasteiger partial charge in [0.1, 0.15) is 17.6 Å². The van der Waals surface area contributed by atoms with Crippen LogP contribution >= 0.6 is 11.6 Å². The normalized spacial score (nSPS) is 12.2. The summed E-state index contributed by atoms with van der Waals surface area (Å²) in [6.07, 6.45) is 3.16. The summed E-state index contributed by atoms with van der Waals surface area (Å²) in [7, 11) is 0. The second-order valence-electron chi connectivity index (χ2n) is 4.37. The maximum atomic E-state index is 6.11. The van der Waals surface area contributed by atoms with Gasteiger partial charge in [-0.2, -0.15) is 0 Å². The van der Waals surface area contributed by atoms with Crippen molar-refractivity contribution in [2.45, 2.75) is 32.8 Å². The first-order valence-electron chi connectivity index (χ1n) is 6.43. The fourth-order valence-electron chi connectivity index (χ4n) is 1.90. The van der Waals surface area contributed by atoms with Crippen molar-refractivity contribution in [2.24, 2.45) is 0 Å². The van der Waals surface area contributed by atoms with Crippen LogP contribution in [0.2, 0.25) is 5.15 Å². The van der Waals surface area contributed by atoms with Crippen molar-refractivity contribution in [3.05, 3.63) is 52.9 Å². The number of aromatic nitrogens is 2. The lowest BCUT2D eigenvalue weighted by atomic mass is 10.1. The van der Waals surface area contributed by atoms with Gasteiger partial charge in [0, 0.05) is 0 Å². The van der Waals surface area contributed by atoms with E-state index in [0.29, 0.717) is 11.0 Å². The van der Waals surface area contributed by atoms with Gasteiger partial charge in [-0.1, -0.05) is 55.3 Å². The fraction of sp³-hybridized carbons (Fsp3) is 0.333. The average molecular weight is 277 g/mol. The highest BCUT2D eigenvalue weighted by atomic mass is 35.5. The molecule has 4 heteroatoms. The Morgan fingerprint density at radius 2 is 1.95 bits per heavy atom. The third-order valence-corrected chi connectivity index (χ3v) is 3.24. The van der Waals surface area contributed by atoms with Gasteiger partial charge in [0.15, 0.2) is 0 Å². The smallest absolute Gasteiger partial charge is 0.221 e. The highest BCUT2D eigenvalue weighted by molar-refractivity contribution is 6.30. The predicted octanol–water partition coefficient (Wildman–Crippen LogP) is 4.22. The summed E-state index contributed by atoms with van der Waals surface area (Å²) in [6, 6.07) is 10.0. The Bertz CT molecular complexity index is 531. The lowest BCUT2D eigenvalue weighted by molar-refractivity contribution is 0.214. The largest absolute Gasteiger partial charge is 0.469 e. The molecule has 0 aliphatic heterocycles. The molecule has 2 rings (SSSR count). The van der Waals surface area contributed by atoms with E-state index in [1.54, 1.807) is 0 Å². The van der Waals surface area contributed by atoms with Crippen molar-refractivity contribution in [2.75, 3.05) is 0 Å². The first-order valence-corrected chi connectivity index (χ1v) is 6.81. The number of benzene rings is 1. The van der Waals surface area contributed by atoms with Crippen molar-refractivity contribution in [3.63, 3.8) is 0 Å². The van der Waals surface area contributed by atoms with Gasteiger partial charge in [-0.25, -0.2) is 9.97 Å². The molecule has 0 fully saturated rings. The van der Waals surface area contributed by atoms with Gasteiger partial charge in [-0.05, 0) is 18.9 Å². The molecule has 0 N–H and O–H groups in total. The van der Waals surface area contributed by atoms with E-state index in [9.17, 15) is 0 Å². The first kappa shape index (κ1) is 13.8. The molecule has 1 aromatic carbocycles. The monoisotopic (exact) mass is 276 g/mol. The second-order valence-corrected chi connectivity index (χ2v) is 4.73. The van der Waals surface area contributed by atoms with Crippen molar-refractivity contribution < 1.29 is 4.74 Å². The van der Waals surface area contributed by atoms with Crippen LogP contribution in [0.5, 0.6) is 5.88 Å². The number of halogens is 1. The SMILES string of the molecule is CCCc1c(Cl)ncnc1OC(C)c1ccccc1. The quantitative estimate of drug-likeness (QED) is 0.767. The van der Waals surface area contributed by atoms with Crippen LogP contribution in [-0.4, -0.2) is 9.97 Å². The second kappa shape index (κ2) is 6.53. The molecule has 0 amide bonds. The minimum absolute atomic E-state index is 0.0669. The fourth-order valence-corrected chi connectivity index (χ4v) is 2.12. The van der Waals surface area contributed by atoms with E-state index in [4.69, 9.17) is 16.3 Å². The Hall–Kier alpha value is -1.61. The molecule has 0 aliphatic carbocycles. The summed E-state index contributed by atoms with van der Waals surface area (Å²) in [5.74, 6) is 0.582. The maximum Gasteiger partial charge on any atom is 0.221 e. The van der Waals surface area contributed by atoms with Crippen LogP contribution in [0.4, 0.5) is 0 Å². The van der Waals surface area contributed by atoms with Crippen LogP contribution in [0.25, 0.3) is 0 Å². The predicted molar refractivity (Wildman–Crippen MR) is 76.5 cm³/mol. The van der Waals surface area contributed by atoms with Gasteiger partial charge < -0.3 is 4.74 Å². The lowest BCUT2D eigenvalue weighted by Crippen LogP contribution is -2.07. The molecular formula is C15H17ClN2O. The van der Waals surface area contributed by atoms with E-state index in [1.165, 1.54) is 6.33 Å². The van der Waals surface area contributed by atoms with E-state index in [1.807, 2.05) is 37.3 Å². The molecule has 1 unspecified atom stereocenters. The maximum absolute atomic E-state index is 6.11. The number of hydrogen-bond donors (Lipinski definition) is 0. The van der Waals surface area contributed by atoms with Crippen molar-refractivity contribution >= 4 is 11.6 Å². The molecule has 0 saturated carbocycles. The highest BCUT2D eigenvalue weighted by Gasteiger charge is 2.14.